The summed E-state index contributed by atoms with van der Waals surface area (Å²) in [6.45, 7) is 0. The van der Waals surface area contributed by atoms with E-state index >= 15 is 0 Å². The fraction of sp³-hybridized carbons (Fsp3) is 0.111. The van der Waals surface area contributed by atoms with Crippen LogP contribution in [0.2, 0.25) is 0 Å². The van der Waals surface area contributed by atoms with Crippen molar-refractivity contribution in [2.75, 3.05) is 5.32 Å². The zero-order valence-electron chi connectivity index (χ0n) is 17.0. The van der Waals surface area contributed by atoms with E-state index in [1.165, 1.54) is 5.56 Å². The van der Waals surface area contributed by atoms with E-state index in [2.05, 4.69) is 46.7 Å². The Morgan fingerprint density at radius 1 is 0.806 bits per heavy atom. The number of hydrogen-bond donors (Lipinski definition) is 2. The molecular weight excluding hydrogens is 382 g/mol. The number of nitrogens with one attached hydrogen (secondary N) is 1. The van der Waals surface area contributed by atoms with Crippen molar-refractivity contribution >= 4 is 17.4 Å². The van der Waals surface area contributed by atoms with Gasteiger partial charge >= 0.3 is 0 Å². The third-order valence-electron chi connectivity index (χ3n) is 5.89. The molecule has 31 heavy (non-hydrogen) atoms. The number of aromatic nitrogens is 1. The second-order valence-electron chi connectivity index (χ2n) is 7.91. The summed E-state index contributed by atoms with van der Waals surface area (Å²) in [5.41, 5.74) is 11.7. The van der Waals surface area contributed by atoms with Crippen molar-refractivity contribution in [3.63, 3.8) is 0 Å². The molecule has 0 spiro atoms. The lowest BCUT2D eigenvalue weighted by Gasteiger charge is -2.15. The smallest absolute Gasteiger partial charge is 0.249 e. The van der Waals surface area contributed by atoms with Crippen LogP contribution in [0.5, 0.6) is 0 Å². The highest BCUT2D eigenvalue weighted by atomic mass is 16.1. The first-order valence-corrected chi connectivity index (χ1v) is 10.5. The second-order valence-corrected chi connectivity index (χ2v) is 7.91. The highest BCUT2D eigenvalue weighted by molar-refractivity contribution is 5.96. The van der Waals surface area contributed by atoms with E-state index in [-0.39, 0.29) is 5.92 Å². The quantitative estimate of drug-likeness (QED) is 0.422. The first-order valence-electron chi connectivity index (χ1n) is 10.5. The maximum atomic E-state index is 12.2. The highest BCUT2D eigenvalue weighted by Gasteiger charge is 2.42. The molecule has 152 valence electrons. The van der Waals surface area contributed by atoms with Gasteiger partial charge in [0.15, 0.2) is 0 Å². The SMILES string of the molecule is NC(=O)c1cccc(Nc2ccc(-c3ccccc3)cn2)c1[C@H]1CC1c1ccccc1. The molecule has 0 saturated heterocycles. The molecule has 3 aromatic carbocycles. The Balaban J connectivity index is 1.45. The molecule has 1 fully saturated rings. The number of primary amides is 1. The van der Waals surface area contributed by atoms with E-state index < -0.39 is 5.91 Å². The van der Waals surface area contributed by atoms with E-state index in [0.29, 0.717) is 11.5 Å². The molecule has 1 aromatic heterocycles. The summed E-state index contributed by atoms with van der Waals surface area (Å²) >= 11 is 0. The molecule has 1 heterocycles. The van der Waals surface area contributed by atoms with Crippen LogP contribution in [0.3, 0.4) is 0 Å². The summed E-state index contributed by atoms with van der Waals surface area (Å²) in [5.74, 6) is 0.997. The average molecular weight is 406 g/mol. The fourth-order valence-electron chi connectivity index (χ4n) is 4.28. The molecule has 0 aliphatic heterocycles. The van der Waals surface area contributed by atoms with Gasteiger partial charge in [-0.3, -0.25) is 4.79 Å². The minimum atomic E-state index is -0.398. The molecule has 1 aliphatic rings. The zero-order valence-corrected chi connectivity index (χ0v) is 17.0. The molecule has 0 radical (unpaired) electrons. The average Bonchev–Trinajstić information content (AvgIpc) is 3.61. The fourth-order valence-corrected chi connectivity index (χ4v) is 4.28. The predicted molar refractivity (Wildman–Crippen MR) is 124 cm³/mol. The molecule has 2 atom stereocenters. The number of hydrogen-bond acceptors (Lipinski definition) is 3. The molecule has 1 aliphatic carbocycles. The van der Waals surface area contributed by atoms with E-state index in [0.717, 1.165) is 34.6 Å². The molecule has 1 saturated carbocycles. The van der Waals surface area contributed by atoms with Crippen LogP contribution in [0.1, 0.15) is 39.7 Å². The van der Waals surface area contributed by atoms with Gasteiger partial charge in [0.2, 0.25) is 5.91 Å². The van der Waals surface area contributed by atoms with E-state index in [4.69, 9.17) is 5.73 Å². The van der Waals surface area contributed by atoms with Crippen molar-refractivity contribution in [3.05, 3.63) is 114 Å². The number of pyridine rings is 1. The number of amides is 1. The van der Waals surface area contributed by atoms with Gasteiger partial charge in [-0.15, -0.1) is 0 Å². The number of nitrogens with zero attached hydrogens (tertiary/aromatic N) is 1. The third-order valence-corrected chi connectivity index (χ3v) is 5.89. The second kappa shape index (κ2) is 8.07. The Labute approximate surface area is 181 Å². The standard InChI is InChI=1S/C27H23N3O/c28-27(31)21-12-7-13-24(26(21)23-16-22(23)19-10-5-2-6-11-19)30-25-15-14-20(17-29-25)18-8-3-1-4-9-18/h1-15,17,22-23H,16H2,(H2,28,31)(H,29,30)/t22?,23-/m0/s1. The number of nitrogens with two attached hydrogens (primary N) is 1. The molecular formula is C27H23N3O. The minimum absolute atomic E-state index is 0.261. The van der Waals surface area contributed by atoms with Crippen LogP contribution >= 0.6 is 0 Å². The van der Waals surface area contributed by atoms with Crippen LogP contribution in [0.4, 0.5) is 11.5 Å². The molecule has 1 amide bonds. The Bertz CT molecular complexity index is 1200. The Morgan fingerprint density at radius 2 is 1.55 bits per heavy atom. The predicted octanol–water partition coefficient (Wildman–Crippen LogP) is 5.86. The Kier molecular flexibility index (Phi) is 4.97. The first kappa shape index (κ1) is 19.1. The molecule has 4 nitrogen and oxygen atoms in total. The summed E-state index contributed by atoms with van der Waals surface area (Å²) in [5, 5.41) is 3.42. The molecule has 3 N–H and O–H groups in total. The van der Waals surface area contributed by atoms with Gasteiger partial charge in [-0.05, 0) is 59.2 Å². The van der Waals surface area contributed by atoms with Crippen molar-refractivity contribution in [3.8, 4) is 11.1 Å². The summed E-state index contributed by atoms with van der Waals surface area (Å²) in [6.07, 6.45) is 2.86. The van der Waals surface area contributed by atoms with Crippen molar-refractivity contribution < 1.29 is 4.79 Å². The van der Waals surface area contributed by atoms with E-state index in [9.17, 15) is 4.79 Å². The number of carbonyl (C=O) groups is 1. The summed E-state index contributed by atoms with van der Waals surface area (Å²) in [7, 11) is 0. The highest BCUT2D eigenvalue weighted by Crippen LogP contribution is 2.57. The molecule has 4 aromatic rings. The van der Waals surface area contributed by atoms with Crippen LogP contribution in [0.25, 0.3) is 11.1 Å². The lowest BCUT2D eigenvalue weighted by Crippen LogP contribution is -2.15. The maximum Gasteiger partial charge on any atom is 0.249 e. The summed E-state index contributed by atoms with van der Waals surface area (Å²) in [4.78, 5) is 16.8. The number of rotatable bonds is 6. The number of carbonyl (C=O) groups excluding carboxylic acids is 1. The van der Waals surface area contributed by atoms with E-state index in [1.807, 2.05) is 60.8 Å². The van der Waals surface area contributed by atoms with E-state index in [1.54, 1.807) is 0 Å². The minimum Gasteiger partial charge on any atom is -0.366 e. The van der Waals surface area contributed by atoms with Crippen LogP contribution < -0.4 is 11.1 Å². The Morgan fingerprint density at radius 3 is 2.23 bits per heavy atom. The lowest BCUT2D eigenvalue weighted by atomic mass is 9.97. The van der Waals surface area contributed by atoms with Crippen LogP contribution in [0, 0.1) is 0 Å². The first-order chi connectivity index (χ1) is 15.2. The number of anilines is 2. The normalized spacial score (nSPS) is 17.2. The van der Waals surface area contributed by atoms with Gasteiger partial charge in [-0.25, -0.2) is 4.98 Å². The monoisotopic (exact) mass is 405 g/mol. The van der Waals surface area contributed by atoms with Crippen molar-refractivity contribution in [1.82, 2.24) is 4.98 Å². The zero-order chi connectivity index (χ0) is 21.2. The van der Waals surface area contributed by atoms with Gasteiger partial charge < -0.3 is 11.1 Å². The molecule has 1 unspecified atom stereocenters. The Hall–Kier alpha value is -3.92. The largest absolute Gasteiger partial charge is 0.366 e. The topological polar surface area (TPSA) is 68.0 Å². The van der Waals surface area contributed by atoms with Gasteiger partial charge in [0.1, 0.15) is 5.82 Å². The third kappa shape index (κ3) is 3.92. The summed E-state index contributed by atoms with van der Waals surface area (Å²) in [6, 6.07) is 30.3. The van der Waals surface area contributed by atoms with Crippen molar-refractivity contribution in [1.29, 1.82) is 0 Å². The van der Waals surface area contributed by atoms with Gasteiger partial charge in [0, 0.05) is 23.0 Å². The van der Waals surface area contributed by atoms with Crippen molar-refractivity contribution in [2.45, 2.75) is 18.3 Å². The molecule has 4 heteroatoms. The molecule has 5 rings (SSSR count). The summed E-state index contributed by atoms with van der Waals surface area (Å²) < 4.78 is 0. The van der Waals surface area contributed by atoms with Gasteiger partial charge in [0.05, 0.1) is 0 Å². The van der Waals surface area contributed by atoms with Crippen LogP contribution in [-0.4, -0.2) is 10.9 Å². The molecule has 0 bridgehead atoms. The van der Waals surface area contributed by atoms with Gasteiger partial charge in [0.25, 0.3) is 0 Å². The van der Waals surface area contributed by atoms with Gasteiger partial charge in [-0.1, -0.05) is 66.7 Å². The number of benzene rings is 3. The van der Waals surface area contributed by atoms with Crippen LogP contribution in [-0.2, 0) is 0 Å². The van der Waals surface area contributed by atoms with Crippen molar-refractivity contribution in [2.24, 2.45) is 5.73 Å². The van der Waals surface area contributed by atoms with Crippen LogP contribution in [0.15, 0.2) is 97.2 Å². The maximum absolute atomic E-state index is 12.2. The van der Waals surface area contributed by atoms with Gasteiger partial charge in [-0.2, -0.15) is 0 Å². The lowest BCUT2D eigenvalue weighted by molar-refractivity contribution is 0.0999.